The van der Waals surface area contributed by atoms with E-state index in [1.807, 2.05) is 60.7 Å². The molecular formula is C36H30N4O4S2. The molecule has 1 aromatic heterocycles. The van der Waals surface area contributed by atoms with Gasteiger partial charge in [-0.25, -0.2) is 4.99 Å². The van der Waals surface area contributed by atoms with Gasteiger partial charge in [-0.2, -0.15) is 0 Å². The van der Waals surface area contributed by atoms with Crippen molar-refractivity contribution in [1.82, 2.24) is 4.57 Å². The molecule has 3 heterocycles. The molecule has 230 valence electrons. The van der Waals surface area contributed by atoms with E-state index < -0.39 is 6.04 Å². The van der Waals surface area contributed by atoms with Gasteiger partial charge in [-0.15, -0.1) is 0 Å². The standard InChI is InChI=1S/C36H30N4O4S2/c1-21-32(34(41)38-23-10-6-5-7-11-23)33(25-16-15-24(43-3)20-28(25)44-4)40-35(42)31(46-36(40)37-21)19-22-14-17-27-30(18-22)45-29-13-9-8-12-26(29)39(27)2/h5-20,33H,1-4H3,(H,38,41)/b31-19+/t33-/m0/s1. The molecule has 0 saturated carbocycles. The third-order valence-electron chi connectivity index (χ3n) is 8.12. The Morgan fingerprint density at radius 3 is 2.46 bits per heavy atom. The molecule has 4 aromatic carbocycles. The van der Waals surface area contributed by atoms with Crippen LogP contribution in [0.25, 0.3) is 6.08 Å². The van der Waals surface area contributed by atoms with Crippen LogP contribution < -0.4 is 34.6 Å². The van der Waals surface area contributed by atoms with Gasteiger partial charge in [0.15, 0.2) is 4.80 Å². The Labute approximate surface area is 274 Å². The molecule has 0 spiro atoms. The summed E-state index contributed by atoms with van der Waals surface area (Å²) in [5.41, 5.74) is 5.11. The van der Waals surface area contributed by atoms with E-state index in [-0.39, 0.29) is 11.5 Å². The largest absolute Gasteiger partial charge is 0.497 e. The van der Waals surface area contributed by atoms with Crippen LogP contribution in [0.2, 0.25) is 0 Å². The topological polar surface area (TPSA) is 85.2 Å². The Balaban J connectivity index is 1.35. The highest BCUT2D eigenvalue weighted by atomic mass is 32.2. The Morgan fingerprint density at radius 2 is 1.67 bits per heavy atom. The van der Waals surface area contributed by atoms with Crippen LogP contribution in [0.3, 0.4) is 0 Å². The van der Waals surface area contributed by atoms with Gasteiger partial charge in [-0.05, 0) is 67.1 Å². The summed E-state index contributed by atoms with van der Waals surface area (Å²) in [6.07, 6.45) is 1.90. The third-order valence-corrected chi connectivity index (χ3v) is 10.2. The molecule has 1 N–H and O–H groups in total. The predicted molar refractivity (Wildman–Crippen MR) is 183 cm³/mol. The van der Waals surface area contributed by atoms with E-state index in [2.05, 4.69) is 41.5 Å². The normalized spacial score (nSPS) is 15.4. The molecule has 7 rings (SSSR count). The molecule has 1 atom stereocenters. The first-order valence-corrected chi connectivity index (χ1v) is 16.2. The minimum atomic E-state index is -0.785. The second-order valence-corrected chi connectivity index (χ2v) is 13.0. The number of allylic oxidation sites excluding steroid dienone is 1. The molecule has 0 fully saturated rings. The first-order valence-electron chi connectivity index (χ1n) is 14.6. The second kappa shape index (κ2) is 12.0. The number of nitrogens with one attached hydrogen (secondary N) is 1. The Bertz CT molecular complexity index is 2220. The summed E-state index contributed by atoms with van der Waals surface area (Å²) < 4.78 is 13.3. The van der Waals surface area contributed by atoms with Crippen molar-refractivity contribution in [2.75, 3.05) is 31.5 Å². The fourth-order valence-corrected chi connectivity index (χ4v) is 8.11. The number of fused-ring (bicyclic) bond motifs is 3. The molecule has 2 aliphatic heterocycles. The summed E-state index contributed by atoms with van der Waals surface area (Å²) in [7, 11) is 5.21. The maximum atomic E-state index is 14.3. The van der Waals surface area contributed by atoms with E-state index in [4.69, 9.17) is 14.5 Å². The van der Waals surface area contributed by atoms with Gasteiger partial charge in [-0.3, -0.25) is 14.2 Å². The van der Waals surface area contributed by atoms with Crippen LogP contribution in [0.15, 0.2) is 122 Å². The molecule has 0 saturated heterocycles. The first-order chi connectivity index (χ1) is 22.4. The summed E-state index contributed by atoms with van der Waals surface area (Å²) in [4.78, 5) is 38.0. The number of thiazole rings is 1. The van der Waals surface area contributed by atoms with E-state index in [0.717, 1.165) is 21.8 Å². The van der Waals surface area contributed by atoms with Crippen LogP contribution in [-0.4, -0.2) is 31.7 Å². The molecule has 10 heteroatoms. The number of carbonyl (C=O) groups excluding carboxylic acids is 1. The van der Waals surface area contributed by atoms with Crippen LogP contribution in [-0.2, 0) is 4.79 Å². The van der Waals surface area contributed by atoms with Crippen molar-refractivity contribution >= 4 is 52.1 Å². The number of benzene rings is 4. The van der Waals surface area contributed by atoms with Crippen molar-refractivity contribution in [2.45, 2.75) is 22.8 Å². The highest BCUT2D eigenvalue weighted by molar-refractivity contribution is 7.99. The molecule has 2 aliphatic rings. The number of hydrogen-bond acceptors (Lipinski definition) is 8. The van der Waals surface area contributed by atoms with E-state index in [0.29, 0.717) is 43.4 Å². The number of carbonyl (C=O) groups is 1. The molecule has 0 unspecified atom stereocenters. The maximum Gasteiger partial charge on any atom is 0.271 e. The van der Waals surface area contributed by atoms with Crippen LogP contribution >= 0.6 is 23.1 Å². The van der Waals surface area contributed by atoms with Crippen LogP contribution in [0.5, 0.6) is 11.5 Å². The summed E-state index contributed by atoms with van der Waals surface area (Å²) in [5.74, 6) is 0.748. The lowest BCUT2D eigenvalue weighted by Crippen LogP contribution is -2.40. The van der Waals surface area contributed by atoms with Crippen LogP contribution in [0.4, 0.5) is 17.1 Å². The molecule has 0 aliphatic carbocycles. The lowest BCUT2D eigenvalue weighted by Gasteiger charge is -2.29. The SMILES string of the molecule is COc1ccc([C@H]2C(C(=O)Nc3ccccc3)=C(C)N=c3s/c(=C/c4ccc5c(c4)Sc4ccccc4N5C)c(=O)n32)c(OC)c1. The molecule has 5 aromatic rings. The van der Waals surface area contributed by atoms with E-state index in [1.165, 1.54) is 16.2 Å². The number of methoxy groups -OCH3 is 2. The van der Waals surface area contributed by atoms with Crippen molar-refractivity contribution in [3.05, 3.63) is 133 Å². The molecule has 1 amide bonds. The van der Waals surface area contributed by atoms with Crippen molar-refractivity contribution in [3.8, 4) is 11.5 Å². The number of aromatic nitrogens is 1. The van der Waals surface area contributed by atoms with E-state index in [9.17, 15) is 9.59 Å². The van der Waals surface area contributed by atoms with Gasteiger partial charge < -0.3 is 19.7 Å². The Kier molecular flexibility index (Phi) is 7.75. The van der Waals surface area contributed by atoms with Gasteiger partial charge in [0.05, 0.1) is 41.4 Å². The Hall–Kier alpha value is -5.06. The monoisotopic (exact) mass is 646 g/mol. The third kappa shape index (κ3) is 5.19. The average Bonchev–Trinajstić information content (AvgIpc) is 3.37. The predicted octanol–water partition coefficient (Wildman–Crippen LogP) is 6.12. The molecule has 8 nitrogen and oxygen atoms in total. The lowest BCUT2D eigenvalue weighted by atomic mass is 9.94. The van der Waals surface area contributed by atoms with Crippen LogP contribution in [0.1, 0.15) is 24.1 Å². The first kappa shape index (κ1) is 29.6. The van der Waals surface area contributed by atoms with E-state index in [1.54, 1.807) is 49.6 Å². The van der Waals surface area contributed by atoms with Crippen molar-refractivity contribution in [2.24, 2.45) is 4.99 Å². The Morgan fingerprint density at radius 1 is 0.913 bits per heavy atom. The summed E-state index contributed by atoms with van der Waals surface area (Å²) in [5, 5.41) is 2.99. The minimum absolute atomic E-state index is 0.239. The number of hydrogen-bond donors (Lipinski definition) is 1. The minimum Gasteiger partial charge on any atom is -0.497 e. The van der Waals surface area contributed by atoms with Crippen molar-refractivity contribution in [1.29, 1.82) is 0 Å². The zero-order valence-electron chi connectivity index (χ0n) is 25.6. The number of nitrogens with zero attached hydrogens (tertiary/aromatic N) is 3. The number of amides is 1. The lowest BCUT2D eigenvalue weighted by molar-refractivity contribution is -0.113. The summed E-state index contributed by atoms with van der Waals surface area (Å²) in [6, 6.07) is 28.4. The van der Waals surface area contributed by atoms with Crippen molar-refractivity contribution in [3.63, 3.8) is 0 Å². The van der Waals surface area contributed by atoms with Gasteiger partial charge in [0.1, 0.15) is 17.5 Å². The maximum absolute atomic E-state index is 14.3. The second-order valence-electron chi connectivity index (χ2n) is 10.9. The van der Waals surface area contributed by atoms with Gasteiger partial charge in [-0.1, -0.05) is 59.5 Å². The van der Waals surface area contributed by atoms with Gasteiger partial charge >= 0.3 is 0 Å². The number of para-hydroxylation sites is 2. The van der Waals surface area contributed by atoms with E-state index >= 15 is 0 Å². The van der Waals surface area contributed by atoms with Crippen molar-refractivity contribution < 1.29 is 14.3 Å². The van der Waals surface area contributed by atoms with Gasteiger partial charge in [0.25, 0.3) is 11.5 Å². The molecule has 0 bridgehead atoms. The fraction of sp³-hybridized carbons (Fsp3) is 0.139. The average molecular weight is 647 g/mol. The fourth-order valence-electron chi connectivity index (χ4n) is 5.87. The quantitative estimate of drug-likeness (QED) is 0.239. The zero-order chi connectivity index (χ0) is 31.9. The van der Waals surface area contributed by atoms with Gasteiger partial charge in [0, 0.05) is 34.2 Å². The number of anilines is 3. The highest BCUT2D eigenvalue weighted by Crippen LogP contribution is 2.47. The van der Waals surface area contributed by atoms with Crippen LogP contribution in [0, 0.1) is 0 Å². The smallest absolute Gasteiger partial charge is 0.271 e. The molecule has 0 radical (unpaired) electrons. The van der Waals surface area contributed by atoms with Gasteiger partial charge in [0.2, 0.25) is 0 Å². The zero-order valence-corrected chi connectivity index (χ0v) is 27.2. The number of ether oxygens (including phenoxy) is 2. The molecule has 46 heavy (non-hydrogen) atoms. The molecular weight excluding hydrogens is 617 g/mol. The summed E-state index contributed by atoms with van der Waals surface area (Å²) >= 11 is 3.02. The summed E-state index contributed by atoms with van der Waals surface area (Å²) in [6.45, 7) is 1.80. The number of rotatable bonds is 6. The highest BCUT2D eigenvalue weighted by Gasteiger charge is 2.34.